The van der Waals surface area contributed by atoms with E-state index in [0.717, 1.165) is 49.5 Å². The number of hydrogen-bond acceptors (Lipinski definition) is 9. The number of carbonyl (C=O) groups is 5. The highest BCUT2D eigenvalue weighted by atomic mass is 19.4. The summed E-state index contributed by atoms with van der Waals surface area (Å²) in [5.74, 6) is -3.21. The number of nitrogens with zero attached hydrogens (tertiary/aromatic N) is 3. The van der Waals surface area contributed by atoms with Crippen molar-refractivity contribution in [2.24, 2.45) is 5.41 Å². The highest BCUT2D eigenvalue weighted by Crippen LogP contribution is 2.39. The Morgan fingerprint density at radius 3 is 2.40 bits per heavy atom. The first-order valence-electron chi connectivity index (χ1n) is 19.2. The van der Waals surface area contributed by atoms with Crippen molar-refractivity contribution in [1.82, 2.24) is 15.1 Å². The second-order valence-corrected chi connectivity index (χ2v) is 15.3. The summed E-state index contributed by atoms with van der Waals surface area (Å²) in [6.07, 6.45) is -0.494. The molecule has 6 rings (SSSR count). The summed E-state index contributed by atoms with van der Waals surface area (Å²) < 4.78 is 67.3. The van der Waals surface area contributed by atoms with Gasteiger partial charge in [0.1, 0.15) is 23.4 Å². The molecule has 0 saturated carbocycles. The topological polar surface area (TPSA) is 158 Å². The van der Waals surface area contributed by atoms with Gasteiger partial charge in [-0.1, -0.05) is 51.7 Å². The number of hydrogen-bond donors (Lipinski definition) is 2. The van der Waals surface area contributed by atoms with Crippen LogP contribution in [0.25, 0.3) is 0 Å². The predicted molar refractivity (Wildman–Crippen MR) is 201 cm³/mol. The van der Waals surface area contributed by atoms with E-state index in [9.17, 15) is 37.1 Å². The van der Waals surface area contributed by atoms with E-state index in [1.54, 1.807) is 38.1 Å². The van der Waals surface area contributed by atoms with Gasteiger partial charge >= 0.3 is 6.18 Å². The van der Waals surface area contributed by atoms with Crippen molar-refractivity contribution in [1.29, 1.82) is 5.26 Å². The molecule has 0 aromatic heterocycles. The molecule has 3 aliphatic rings. The Morgan fingerprint density at radius 1 is 0.948 bits per heavy atom. The Labute approximate surface area is 332 Å². The van der Waals surface area contributed by atoms with E-state index < -0.39 is 70.2 Å². The lowest BCUT2D eigenvalue weighted by atomic mass is 9.89. The minimum Gasteiger partial charge on any atom is -0.493 e. The Hall–Kier alpha value is -5.98. The summed E-state index contributed by atoms with van der Waals surface area (Å²) in [6.45, 7) is 4.59. The first-order chi connectivity index (χ1) is 27.6. The fourth-order valence-corrected chi connectivity index (χ4v) is 7.51. The second-order valence-electron chi connectivity index (χ2n) is 15.3. The molecule has 0 aliphatic carbocycles. The van der Waals surface area contributed by atoms with Crippen molar-refractivity contribution in [2.75, 3.05) is 25.0 Å². The van der Waals surface area contributed by atoms with Gasteiger partial charge in [0.05, 0.1) is 34.9 Å². The number of ether oxygens (including phenoxy) is 2. The lowest BCUT2D eigenvalue weighted by Gasteiger charge is -2.27. The van der Waals surface area contributed by atoms with E-state index in [0.29, 0.717) is 24.9 Å². The van der Waals surface area contributed by atoms with Gasteiger partial charge in [0.2, 0.25) is 11.8 Å². The minimum absolute atomic E-state index is 0.0391. The molecular formula is C42H43F4N5O7. The van der Waals surface area contributed by atoms with Crippen molar-refractivity contribution >= 4 is 35.2 Å². The van der Waals surface area contributed by atoms with E-state index in [1.165, 1.54) is 29.2 Å². The number of piperidine rings is 1. The fraction of sp³-hybridized carbons (Fsp3) is 0.429. The SMILES string of the molecule is CC1(C)CN(Cc2ccc(NCCCCCCCCOc3cccc4c3C(=O)N(C3CCC(=O)NC3=O)C4=O)cc2F)C(=O)C1Oc1ccc(C#N)c(C(F)(F)F)c1. The van der Waals surface area contributed by atoms with Crippen LogP contribution in [0.5, 0.6) is 11.5 Å². The van der Waals surface area contributed by atoms with Crippen molar-refractivity contribution < 1.29 is 51.0 Å². The van der Waals surface area contributed by atoms with Gasteiger partial charge in [0.25, 0.3) is 17.7 Å². The van der Waals surface area contributed by atoms with Gasteiger partial charge in [-0.15, -0.1) is 0 Å². The highest BCUT2D eigenvalue weighted by Gasteiger charge is 2.49. The zero-order valence-corrected chi connectivity index (χ0v) is 32.0. The number of carbonyl (C=O) groups excluding carboxylic acids is 5. The molecule has 16 heteroatoms. The molecule has 0 spiro atoms. The van der Waals surface area contributed by atoms with Crippen molar-refractivity contribution in [3.05, 3.63) is 88.2 Å². The molecule has 2 N–H and O–H groups in total. The van der Waals surface area contributed by atoms with Gasteiger partial charge in [0, 0.05) is 42.7 Å². The lowest BCUT2D eigenvalue weighted by molar-refractivity contribution is -0.138. The summed E-state index contributed by atoms with van der Waals surface area (Å²) in [5.41, 5.74) is -1.34. The first kappa shape index (κ1) is 41.6. The van der Waals surface area contributed by atoms with Crippen LogP contribution in [-0.2, 0) is 27.1 Å². The molecule has 5 amide bonds. The summed E-state index contributed by atoms with van der Waals surface area (Å²) in [6, 6.07) is 12.9. The van der Waals surface area contributed by atoms with Crippen LogP contribution in [-0.4, -0.2) is 71.2 Å². The van der Waals surface area contributed by atoms with Crippen LogP contribution in [0.4, 0.5) is 23.2 Å². The normalized spacial score (nSPS) is 18.9. The van der Waals surface area contributed by atoms with E-state index in [1.807, 2.05) is 0 Å². The Bertz CT molecular complexity index is 2150. The molecule has 58 heavy (non-hydrogen) atoms. The van der Waals surface area contributed by atoms with Crippen LogP contribution in [0.2, 0.25) is 0 Å². The average molecular weight is 806 g/mol. The number of alkyl halides is 3. The maximum Gasteiger partial charge on any atom is 0.417 e. The third kappa shape index (κ3) is 9.09. The Morgan fingerprint density at radius 2 is 1.69 bits per heavy atom. The number of benzene rings is 3. The molecular weight excluding hydrogens is 762 g/mol. The average Bonchev–Trinajstić information content (AvgIpc) is 3.55. The number of nitriles is 1. The van der Waals surface area contributed by atoms with Gasteiger partial charge in [-0.25, -0.2) is 4.39 Å². The van der Waals surface area contributed by atoms with Gasteiger partial charge in [-0.05, 0) is 61.7 Å². The van der Waals surface area contributed by atoms with E-state index in [2.05, 4.69) is 10.6 Å². The quantitative estimate of drug-likeness (QED) is 0.0907. The number of halogens is 4. The van der Waals surface area contributed by atoms with E-state index >= 15 is 4.39 Å². The maximum absolute atomic E-state index is 15.2. The molecule has 2 unspecified atom stereocenters. The van der Waals surface area contributed by atoms with Crippen LogP contribution in [0, 0.1) is 22.6 Å². The van der Waals surface area contributed by atoms with E-state index in [4.69, 9.17) is 14.7 Å². The molecule has 0 radical (unpaired) electrons. The maximum atomic E-state index is 15.2. The zero-order valence-electron chi connectivity index (χ0n) is 32.0. The standard InChI is InChI=1S/C42H43F4N5O7/c1-41(2)24-50(40(56)36(41)58-28-15-13-25(22-47)30(21-28)42(44,45)46)23-26-12-14-27(20-31(26)43)48-18-7-5-3-4-6-8-19-57-33-11-9-10-29-35(33)39(55)51(38(29)54)32-16-17-34(52)49-37(32)53/h9-15,20-21,32,36,48H,3-8,16-19,23-24H2,1-2H3,(H,49,52,53). The minimum atomic E-state index is -4.78. The predicted octanol–water partition coefficient (Wildman–Crippen LogP) is 6.76. The Balaban J connectivity index is 0.891. The van der Waals surface area contributed by atoms with Crippen LogP contribution >= 0.6 is 0 Å². The van der Waals surface area contributed by atoms with Crippen LogP contribution in [0.3, 0.4) is 0 Å². The summed E-state index contributed by atoms with van der Waals surface area (Å²) >= 11 is 0. The number of anilines is 1. The van der Waals surface area contributed by atoms with E-state index in [-0.39, 0.29) is 54.1 Å². The molecule has 3 aliphatic heterocycles. The largest absolute Gasteiger partial charge is 0.493 e. The smallest absolute Gasteiger partial charge is 0.417 e. The van der Waals surface area contributed by atoms with Crippen LogP contribution < -0.4 is 20.1 Å². The number of fused-ring (bicyclic) bond motifs is 1. The molecule has 2 fully saturated rings. The number of rotatable bonds is 16. The van der Waals surface area contributed by atoms with Crippen LogP contribution in [0.15, 0.2) is 54.6 Å². The second kappa shape index (κ2) is 17.3. The third-order valence-electron chi connectivity index (χ3n) is 10.5. The lowest BCUT2D eigenvalue weighted by Crippen LogP contribution is -2.54. The van der Waals surface area contributed by atoms with Gasteiger partial charge in [-0.3, -0.25) is 34.2 Å². The van der Waals surface area contributed by atoms with Gasteiger partial charge < -0.3 is 19.7 Å². The first-order valence-corrected chi connectivity index (χ1v) is 19.2. The van der Waals surface area contributed by atoms with Crippen molar-refractivity contribution in [3.8, 4) is 17.6 Å². The fourth-order valence-electron chi connectivity index (χ4n) is 7.51. The number of likely N-dealkylation sites (tertiary alicyclic amines) is 1. The van der Waals surface area contributed by atoms with Gasteiger partial charge in [-0.2, -0.15) is 18.4 Å². The molecule has 0 bridgehead atoms. The molecule has 12 nitrogen and oxygen atoms in total. The zero-order chi connectivity index (χ0) is 41.8. The molecule has 2 atom stereocenters. The van der Waals surface area contributed by atoms with Crippen LogP contribution in [0.1, 0.15) is 103 Å². The Kier molecular flexibility index (Phi) is 12.4. The molecule has 3 aromatic rings. The molecule has 3 aromatic carbocycles. The summed E-state index contributed by atoms with van der Waals surface area (Å²) in [5, 5.41) is 14.5. The summed E-state index contributed by atoms with van der Waals surface area (Å²) in [7, 11) is 0. The number of imide groups is 2. The van der Waals surface area contributed by atoms with Crippen molar-refractivity contribution in [3.63, 3.8) is 0 Å². The molecule has 306 valence electrons. The molecule has 2 saturated heterocycles. The van der Waals surface area contributed by atoms with Crippen molar-refractivity contribution in [2.45, 2.75) is 90.1 Å². The molecule has 3 heterocycles. The van der Waals surface area contributed by atoms with Gasteiger partial charge in [0.15, 0.2) is 6.10 Å². The third-order valence-corrected chi connectivity index (χ3v) is 10.5. The number of unbranched alkanes of at least 4 members (excludes halogenated alkanes) is 5. The monoisotopic (exact) mass is 805 g/mol. The number of nitrogens with one attached hydrogen (secondary N) is 2. The highest BCUT2D eigenvalue weighted by molar-refractivity contribution is 6.24. The summed E-state index contributed by atoms with van der Waals surface area (Å²) in [4.78, 5) is 65.8. The number of amides is 5.